The van der Waals surface area contributed by atoms with Crippen molar-refractivity contribution in [1.82, 2.24) is 20.0 Å². The lowest BCUT2D eigenvalue weighted by molar-refractivity contribution is 0.0269. The predicted octanol–water partition coefficient (Wildman–Crippen LogP) is 3.14. The third-order valence-electron chi connectivity index (χ3n) is 3.06. The molecule has 0 aliphatic rings. The second kappa shape index (κ2) is 6.21. The standard InChI is InChI=1S/C15H13ClN4O3/c1-9(14-18-17-10(2)23-14)22-15(21)13-7-8-20(19-13)12-5-3-11(16)4-6-12/h3-9H,1-2H3. The van der Waals surface area contributed by atoms with E-state index in [0.717, 1.165) is 5.69 Å². The summed E-state index contributed by atoms with van der Waals surface area (Å²) in [5.74, 6) is 0.0870. The maximum Gasteiger partial charge on any atom is 0.359 e. The van der Waals surface area contributed by atoms with E-state index in [1.807, 2.05) is 0 Å². The number of hydrogen-bond donors (Lipinski definition) is 0. The molecule has 23 heavy (non-hydrogen) atoms. The minimum Gasteiger partial charge on any atom is -0.448 e. The summed E-state index contributed by atoms with van der Waals surface area (Å²) in [4.78, 5) is 12.1. The maximum absolute atomic E-state index is 12.1. The highest BCUT2D eigenvalue weighted by Crippen LogP contribution is 2.18. The molecule has 0 aliphatic heterocycles. The number of carbonyl (C=O) groups excluding carboxylic acids is 1. The molecule has 8 heteroatoms. The average Bonchev–Trinajstić information content (AvgIpc) is 3.17. The van der Waals surface area contributed by atoms with Gasteiger partial charge >= 0.3 is 5.97 Å². The van der Waals surface area contributed by atoms with Crippen molar-refractivity contribution in [3.8, 4) is 5.69 Å². The van der Waals surface area contributed by atoms with Crippen molar-refractivity contribution in [3.63, 3.8) is 0 Å². The largest absolute Gasteiger partial charge is 0.448 e. The topological polar surface area (TPSA) is 83.0 Å². The van der Waals surface area contributed by atoms with Crippen LogP contribution in [0.25, 0.3) is 5.69 Å². The smallest absolute Gasteiger partial charge is 0.359 e. The lowest BCUT2D eigenvalue weighted by atomic mass is 10.3. The fourth-order valence-corrected chi connectivity index (χ4v) is 2.04. The van der Waals surface area contributed by atoms with E-state index < -0.39 is 12.1 Å². The summed E-state index contributed by atoms with van der Waals surface area (Å²) in [6.45, 7) is 3.32. The first-order chi connectivity index (χ1) is 11.0. The lowest BCUT2D eigenvalue weighted by Gasteiger charge is -2.07. The Morgan fingerprint density at radius 2 is 2.00 bits per heavy atom. The molecule has 0 saturated heterocycles. The summed E-state index contributed by atoms with van der Waals surface area (Å²) in [6.07, 6.45) is 1.02. The van der Waals surface area contributed by atoms with Crippen LogP contribution in [-0.2, 0) is 4.74 Å². The van der Waals surface area contributed by atoms with Gasteiger partial charge in [-0.25, -0.2) is 9.48 Å². The van der Waals surface area contributed by atoms with Crippen LogP contribution in [0.1, 0.15) is 35.3 Å². The molecule has 0 aliphatic carbocycles. The van der Waals surface area contributed by atoms with E-state index in [1.165, 1.54) is 0 Å². The Morgan fingerprint density at radius 1 is 1.26 bits per heavy atom. The Bertz CT molecular complexity index is 825. The van der Waals surface area contributed by atoms with Gasteiger partial charge in [0.05, 0.1) is 5.69 Å². The Hall–Kier alpha value is -2.67. The van der Waals surface area contributed by atoms with Gasteiger partial charge in [0.25, 0.3) is 5.89 Å². The number of rotatable bonds is 4. The number of ether oxygens (including phenoxy) is 1. The van der Waals surface area contributed by atoms with Gasteiger partial charge in [0.15, 0.2) is 11.8 Å². The van der Waals surface area contributed by atoms with E-state index in [1.54, 1.807) is 55.1 Å². The van der Waals surface area contributed by atoms with Gasteiger partial charge in [-0.3, -0.25) is 0 Å². The number of aryl methyl sites for hydroxylation is 1. The Kier molecular flexibility index (Phi) is 4.12. The van der Waals surface area contributed by atoms with E-state index in [9.17, 15) is 4.79 Å². The zero-order valence-corrected chi connectivity index (χ0v) is 13.2. The van der Waals surface area contributed by atoms with Crippen LogP contribution in [0.15, 0.2) is 40.9 Å². The summed E-state index contributed by atoms with van der Waals surface area (Å²) in [7, 11) is 0. The molecule has 0 radical (unpaired) electrons. The van der Waals surface area contributed by atoms with Crippen molar-refractivity contribution in [2.24, 2.45) is 0 Å². The maximum atomic E-state index is 12.1. The number of hydrogen-bond acceptors (Lipinski definition) is 6. The van der Waals surface area contributed by atoms with Crippen LogP contribution < -0.4 is 0 Å². The SMILES string of the molecule is Cc1nnc(C(C)OC(=O)c2ccn(-c3ccc(Cl)cc3)n2)o1. The molecule has 0 spiro atoms. The first-order valence-electron chi connectivity index (χ1n) is 6.85. The van der Waals surface area contributed by atoms with Crippen molar-refractivity contribution in [3.05, 3.63) is 59.0 Å². The number of nitrogens with zero attached hydrogens (tertiary/aromatic N) is 4. The summed E-state index contributed by atoms with van der Waals surface area (Å²) in [5, 5.41) is 12.3. The van der Waals surface area contributed by atoms with Crippen LogP contribution in [0.4, 0.5) is 0 Å². The zero-order chi connectivity index (χ0) is 16.4. The van der Waals surface area contributed by atoms with Gasteiger partial charge in [0, 0.05) is 18.1 Å². The number of aromatic nitrogens is 4. The molecule has 2 heterocycles. The van der Waals surface area contributed by atoms with Crippen molar-refractivity contribution in [1.29, 1.82) is 0 Å². The minimum absolute atomic E-state index is 0.183. The van der Waals surface area contributed by atoms with Crippen LogP contribution in [0, 0.1) is 6.92 Å². The van der Waals surface area contributed by atoms with Gasteiger partial charge in [0.2, 0.25) is 5.89 Å². The molecule has 3 aromatic rings. The van der Waals surface area contributed by atoms with Gasteiger partial charge in [-0.1, -0.05) is 11.6 Å². The number of esters is 1. The molecular formula is C15H13ClN4O3. The third kappa shape index (κ3) is 3.40. The van der Waals surface area contributed by atoms with Crippen molar-refractivity contribution in [2.45, 2.75) is 20.0 Å². The van der Waals surface area contributed by atoms with Gasteiger partial charge in [-0.15, -0.1) is 10.2 Å². The molecule has 7 nitrogen and oxygen atoms in total. The van der Waals surface area contributed by atoms with Crippen LogP contribution in [-0.4, -0.2) is 25.9 Å². The first-order valence-corrected chi connectivity index (χ1v) is 7.23. The summed E-state index contributed by atoms with van der Waals surface area (Å²) < 4.78 is 12.1. The van der Waals surface area contributed by atoms with Gasteiger partial charge < -0.3 is 9.15 Å². The van der Waals surface area contributed by atoms with Crippen LogP contribution >= 0.6 is 11.6 Å². The van der Waals surface area contributed by atoms with E-state index >= 15 is 0 Å². The molecule has 0 saturated carbocycles. The molecular weight excluding hydrogens is 320 g/mol. The van der Waals surface area contributed by atoms with Gasteiger partial charge in [-0.2, -0.15) is 5.10 Å². The highest BCUT2D eigenvalue weighted by molar-refractivity contribution is 6.30. The summed E-state index contributed by atoms with van der Waals surface area (Å²) in [5.41, 5.74) is 0.970. The molecule has 1 atom stereocenters. The summed E-state index contributed by atoms with van der Waals surface area (Å²) in [6, 6.07) is 8.67. The molecule has 0 bridgehead atoms. The number of halogens is 1. The second-order valence-corrected chi connectivity index (χ2v) is 5.27. The molecule has 2 aromatic heterocycles. The normalized spacial score (nSPS) is 12.1. The average molecular weight is 333 g/mol. The van der Waals surface area contributed by atoms with Crippen LogP contribution in [0.5, 0.6) is 0 Å². The molecule has 3 rings (SSSR count). The Morgan fingerprint density at radius 3 is 2.65 bits per heavy atom. The Labute approximate surface area is 136 Å². The molecule has 0 fully saturated rings. The van der Waals surface area contributed by atoms with Crippen molar-refractivity contribution in [2.75, 3.05) is 0 Å². The van der Waals surface area contributed by atoms with E-state index in [-0.39, 0.29) is 11.6 Å². The fraction of sp³-hybridized carbons (Fsp3) is 0.200. The predicted molar refractivity (Wildman–Crippen MR) is 81.4 cm³/mol. The van der Waals surface area contributed by atoms with Crippen LogP contribution in [0.2, 0.25) is 5.02 Å². The molecule has 0 N–H and O–H groups in total. The van der Waals surface area contributed by atoms with E-state index in [0.29, 0.717) is 10.9 Å². The van der Waals surface area contributed by atoms with Crippen LogP contribution in [0.3, 0.4) is 0 Å². The second-order valence-electron chi connectivity index (χ2n) is 4.83. The Balaban J connectivity index is 1.72. The van der Waals surface area contributed by atoms with E-state index in [2.05, 4.69) is 15.3 Å². The highest BCUT2D eigenvalue weighted by atomic mass is 35.5. The minimum atomic E-state index is -0.649. The molecule has 0 amide bonds. The first kappa shape index (κ1) is 15.2. The molecule has 118 valence electrons. The molecule has 1 unspecified atom stereocenters. The van der Waals surface area contributed by atoms with Gasteiger partial charge in [-0.05, 0) is 37.3 Å². The third-order valence-corrected chi connectivity index (χ3v) is 3.31. The van der Waals surface area contributed by atoms with Gasteiger partial charge in [0.1, 0.15) is 0 Å². The molecule has 1 aromatic carbocycles. The lowest BCUT2D eigenvalue weighted by Crippen LogP contribution is -2.11. The summed E-state index contributed by atoms with van der Waals surface area (Å²) >= 11 is 5.85. The quantitative estimate of drug-likeness (QED) is 0.682. The number of carbonyl (C=O) groups is 1. The monoisotopic (exact) mass is 332 g/mol. The number of benzene rings is 1. The highest BCUT2D eigenvalue weighted by Gasteiger charge is 2.20. The fourth-order valence-electron chi connectivity index (χ4n) is 1.92. The van der Waals surface area contributed by atoms with Crippen molar-refractivity contribution >= 4 is 17.6 Å². The zero-order valence-electron chi connectivity index (χ0n) is 12.4. The van der Waals surface area contributed by atoms with Crippen molar-refractivity contribution < 1.29 is 13.9 Å². The van der Waals surface area contributed by atoms with E-state index in [4.69, 9.17) is 20.8 Å².